The predicted octanol–water partition coefficient (Wildman–Crippen LogP) is 0.644. The summed E-state index contributed by atoms with van der Waals surface area (Å²) in [7, 11) is 0. The number of nitrogens with one attached hydrogen (secondary N) is 2. The van der Waals surface area contributed by atoms with Gasteiger partial charge < -0.3 is 10.6 Å². The van der Waals surface area contributed by atoms with E-state index in [1.54, 1.807) is 18.2 Å². The summed E-state index contributed by atoms with van der Waals surface area (Å²) in [6.07, 6.45) is 1.45. The number of pyridine rings is 1. The average Bonchev–Trinajstić information content (AvgIpc) is 2.73. The zero-order chi connectivity index (χ0) is 11.4. The van der Waals surface area contributed by atoms with Crippen molar-refractivity contribution < 1.29 is 4.79 Å². The Labute approximate surface area is 93.5 Å². The van der Waals surface area contributed by atoms with Gasteiger partial charge >= 0.3 is 0 Å². The van der Waals surface area contributed by atoms with E-state index in [0.717, 1.165) is 6.42 Å². The van der Waals surface area contributed by atoms with Gasteiger partial charge in [-0.2, -0.15) is 5.26 Å². The van der Waals surface area contributed by atoms with E-state index in [4.69, 9.17) is 5.26 Å². The summed E-state index contributed by atoms with van der Waals surface area (Å²) in [6.45, 7) is 0.646. The van der Waals surface area contributed by atoms with Gasteiger partial charge in [0, 0.05) is 19.0 Å². The molecule has 1 fully saturated rings. The molecule has 0 bridgehead atoms. The Balaban J connectivity index is 1.90. The van der Waals surface area contributed by atoms with Crippen molar-refractivity contribution in [2.75, 3.05) is 11.9 Å². The van der Waals surface area contributed by atoms with Crippen LogP contribution in [0.5, 0.6) is 0 Å². The Hall–Kier alpha value is -2.09. The Morgan fingerprint density at radius 2 is 2.50 bits per heavy atom. The minimum atomic E-state index is 0.102. The zero-order valence-electron chi connectivity index (χ0n) is 8.73. The Morgan fingerprint density at radius 3 is 3.19 bits per heavy atom. The van der Waals surface area contributed by atoms with Crippen molar-refractivity contribution in [3.05, 3.63) is 23.9 Å². The Morgan fingerprint density at radius 1 is 1.62 bits per heavy atom. The number of nitriles is 1. The summed E-state index contributed by atoms with van der Waals surface area (Å²) in [5.74, 6) is 0.769. The molecule has 0 saturated carbocycles. The Bertz CT molecular complexity index is 438. The van der Waals surface area contributed by atoms with E-state index in [2.05, 4.69) is 15.6 Å². The van der Waals surface area contributed by atoms with Crippen molar-refractivity contribution in [3.63, 3.8) is 0 Å². The fraction of sp³-hybridized carbons (Fsp3) is 0.364. The highest BCUT2D eigenvalue weighted by Gasteiger charge is 2.20. The van der Waals surface area contributed by atoms with Gasteiger partial charge in [-0.05, 0) is 18.6 Å². The molecule has 1 amide bonds. The van der Waals surface area contributed by atoms with Crippen LogP contribution in [0.2, 0.25) is 0 Å². The van der Waals surface area contributed by atoms with E-state index in [0.29, 0.717) is 24.5 Å². The molecular weight excluding hydrogens is 204 g/mol. The molecule has 5 heteroatoms. The van der Waals surface area contributed by atoms with Gasteiger partial charge in [0.25, 0.3) is 0 Å². The number of anilines is 1. The third-order valence-electron chi connectivity index (χ3n) is 2.48. The molecule has 5 nitrogen and oxygen atoms in total. The second-order valence-electron chi connectivity index (χ2n) is 3.70. The highest BCUT2D eigenvalue weighted by molar-refractivity contribution is 5.78. The first-order valence-corrected chi connectivity index (χ1v) is 5.18. The van der Waals surface area contributed by atoms with Crippen molar-refractivity contribution in [1.29, 1.82) is 5.26 Å². The molecule has 2 N–H and O–H groups in total. The molecule has 1 saturated heterocycles. The van der Waals surface area contributed by atoms with E-state index in [1.165, 1.54) is 0 Å². The lowest BCUT2D eigenvalue weighted by Gasteiger charge is -2.11. The smallest absolute Gasteiger partial charge is 0.220 e. The molecule has 82 valence electrons. The van der Waals surface area contributed by atoms with Gasteiger partial charge in [-0.3, -0.25) is 4.79 Å². The molecule has 16 heavy (non-hydrogen) atoms. The number of hydrogen-bond donors (Lipinski definition) is 2. The van der Waals surface area contributed by atoms with Gasteiger partial charge in [-0.1, -0.05) is 6.07 Å². The molecule has 1 aliphatic rings. The van der Waals surface area contributed by atoms with Gasteiger partial charge in [-0.15, -0.1) is 0 Å². The predicted molar refractivity (Wildman–Crippen MR) is 58.6 cm³/mol. The average molecular weight is 216 g/mol. The molecule has 1 aromatic heterocycles. The second-order valence-corrected chi connectivity index (χ2v) is 3.70. The number of nitrogens with zero attached hydrogens (tertiary/aromatic N) is 2. The summed E-state index contributed by atoms with van der Waals surface area (Å²) < 4.78 is 0. The first-order valence-electron chi connectivity index (χ1n) is 5.18. The molecule has 1 atom stereocenters. The number of aromatic nitrogens is 1. The van der Waals surface area contributed by atoms with Crippen LogP contribution in [-0.4, -0.2) is 23.5 Å². The quantitative estimate of drug-likeness (QED) is 0.777. The van der Waals surface area contributed by atoms with E-state index >= 15 is 0 Å². The molecule has 1 aromatic rings. The first-order chi connectivity index (χ1) is 7.78. The van der Waals surface area contributed by atoms with E-state index in [-0.39, 0.29) is 11.9 Å². The number of rotatable bonds is 3. The van der Waals surface area contributed by atoms with Crippen LogP contribution < -0.4 is 10.6 Å². The van der Waals surface area contributed by atoms with Gasteiger partial charge in [0.15, 0.2) is 0 Å². The summed E-state index contributed by atoms with van der Waals surface area (Å²) in [6, 6.07) is 7.39. The third-order valence-corrected chi connectivity index (χ3v) is 2.48. The van der Waals surface area contributed by atoms with Crippen LogP contribution in [0.15, 0.2) is 18.2 Å². The Kier molecular flexibility index (Phi) is 3.01. The lowest BCUT2D eigenvalue weighted by atomic mass is 10.2. The van der Waals surface area contributed by atoms with Gasteiger partial charge in [0.2, 0.25) is 5.91 Å². The van der Waals surface area contributed by atoms with Gasteiger partial charge in [0.1, 0.15) is 17.6 Å². The van der Waals surface area contributed by atoms with Crippen LogP contribution in [0.25, 0.3) is 0 Å². The summed E-state index contributed by atoms with van der Waals surface area (Å²) >= 11 is 0. The second kappa shape index (κ2) is 4.62. The highest BCUT2D eigenvalue weighted by atomic mass is 16.1. The molecule has 0 aromatic carbocycles. The van der Waals surface area contributed by atoms with Crippen LogP contribution in [0.1, 0.15) is 18.5 Å². The van der Waals surface area contributed by atoms with Crippen molar-refractivity contribution in [2.45, 2.75) is 18.9 Å². The van der Waals surface area contributed by atoms with E-state index in [9.17, 15) is 4.79 Å². The lowest BCUT2D eigenvalue weighted by Crippen LogP contribution is -2.31. The van der Waals surface area contributed by atoms with Crippen molar-refractivity contribution >= 4 is 11.7 Å². The molecule has 2 rings (SSSR count). The molecule has 0 radical (unpaired) electrons. The number of carbonyl (C=O) groups excluding carboxylic acids is 1. The minimum absolute atomic E-state index is 0.102. The van der Waals surface area contributed by atoms with Crippen LogP contribution in [-0.2, 0) is 4.79 Å². The summed E-state index contributed by atoms with van der Waals surface area (Å²) in [4.78, 5) is 15.1. The monoisotopic (exact) mass is 216 g/mol. The zero-order valence-corrected chi connectivity index (χ0v) is 8.73. The fourth-order valence-corrected chi connectivity index (χ4v) is 1.65. The maximum absolute atomic E-state index is 11.0. The van der Waals surface area contributed by atoms with E-state index in [1.807, 2.05) is 6.07 Å². The third kappa shape index (κ3) is 2.48. The van der Waals surface area contributed by atoms with Crippen molar-refractivity contribution in [2.24, 2.45) is 0 Å². The van der Waals surface area contributed by atoms with Crippen molar-refractivity contribution in [3.8, 4) is 6.07 Å². The van der Waals surface area contributed by atoms with Gasteiger partial charge in [-0.25, -0.2) is 4.98 Å². The van der Waals surface area contributed by atoms with Crippen LogP contribution in [0.3, 0.4) is 0 Å². The number of carbonyl (C=O) groups is 1. The van der Waals surface area contributed by atoms with Crippen LogP contribution in [0, 0.1) is 11.3 Å². The maximum Gasteiger partial charge on any atom is 0.220 e. The topological polar surface area (TPSA) is 77.8 Å². The SMILES string of the molecule is N#Cc1cccc(NCC2CCC(=O)N2)n1. The number of hydrogen-bond acceptors (Lipinski definition) is 4. The fourth-order valence-electron chi connectivity index (χ4n) is 1.65. The first kappa shape index (κ1) is 10.4. The molecule has 0 spiro atoms. The van der Waals surface area contributed by atoms with E-state index < -0.39 is 0 Å². The lowest BCUT2D eigenvalue weighted by molar-refractivity contribution is -0.119. The molecule has 2 heterocycles. The standard InChI is InChI=1S/C11H12N4O/c12-6-8-2-1-3-10(14-8)13-7-9-4-5-11(16)15-9/h1-3,9H,4-5,7H2,(H,13,14)(H,15,16). The molecule has 1 unspecified atom stereocenters. The largest absolute Gasteiger partial charge is 0.368 e. The highest BCUT2D eigenvalue weighted by Crippen LogP contribution is 2.09. The molecular formula is C11H12N4O. The summed E-state index contributed by atoms with van der Waals surface area (Å²) in [5, 5.41) is 14.6. The molecule has 1 aliphatic heterocycles. The minimum Gasteiger partial charge on any atom is -0.368 e. The van der Waals surface area contributed by atoms with Crippen molar-refractivity contribution in [1.82, 2.24) is 10.3 Å². The van der Waals surface area contributed by atoms with Gasteiger partial charge in [0.05, 0.1) is 0 Å². The summed E-state index contributed by atoms with van der Waals surface area (Å²) in [5.41, 5.74) is 0.389. The maximum atomic E-state index is 11.0. The van der Waals surface area contributed by atoms with Crippen LogP contribution >= 0.6 is 0 Å². The number of amides is 1. The van der Waals surface area contributed by atoms with Crippen LogP contribution in [0.4, 0.5) is 5.82 Å². The molecule has 0 aliphatic carbocycles. The normalized spacial score (nSPS) is 18.9.